The van der Waals surface area contributed by atoms with Crippen molar-refractivity contribution < 1.29 is 17.9 Å². The van der Waals surface area contributed by atoms with Gasteiger partial charge in [-0.25, -0.2) is 0 Å². The highest BCUT2D eigenvalue weighted by Crippen LogP contribution is 2.28. The number of nitrogens with zero attached hydrogens (tertiary/aromatic N) is 1. The van der Waals surface area contributed by atoms with Crippen LogP contribution >= 0.6 is 0 Å². The molecular formula is C14H21F3N2O. The van der Waals surface area contributed by atoms with Crippen LogP contribution in [0.15, 0.2) is 6.20 Å². The van der Waals surface area contributed by atoms with Crippen LogP contribution in [0.1, 0.15) is 30.2 Å². The van der Waals surface area contributed by atoms with Gasteiger partial charge in [-0.3, -0.25) is 4.98 Å². The molecule has 0 bridgehead atoms. The number of nitrogens with one attached hydrogen (secondary N) is 1. The molecule has 1 rings (SSSR count). The Morgan fingerprint density at radius 2 is 2.00 bits per heavy atom. The van der Waals surface area contributed by atoms with E-state index in [2.05, 4.69) is 10.3 Å². The maximum absolute atomic E-state index is 13.0. The minimum Gasteiger partial charge on any atom is -0.496 e. The van der Waals surface area contributed by atoms with E-state index in [1.54, 1.807) is 13.1 Å². The second kappa shape index (κ2) is 6.92. The summed E-state index contributed by atoms with van der Waals surface area (Å²) >= 11 is 0. The molecule has 20 heavy (non-hydrogen) atoms. The normalized spacial score (nSPS) is 13.3. The Morgan fingerprint density at radius 1 is 1.35 bits per heavy atom. The molecule has 1 aromatic heterocycles. The van der Waals surface area contributed by atoms with E-state index in [4.69, 9.17) is 4.74 Å². The Kier molecular flexibility index (Phi) is 5.80. The van der Waals surface area contributed by atoms with Crippen LogP contribution in [-0.2, 0) is 6.42 Å². The van der Waals surface area contributed by atoms with E-state index in [1.165, 1.54) is 7.11 Å². The van der Waals surface area contributed by atoms with Crippen LogP contribution in [0.4, 0.5) is 13.2 Å². The molecule has 1 atom stereocenters. The first-order valence-electron chi connectivity index (χ1n) is 6.60. The van der Waals surface area contributed by atoms with Gasteiger partial charge in [-0.2, -0.15) is 13.2 Å². The van der Waals surface area contributed by atoms with Crippen LogP contribution in [0.5, 0.6) is 5.75 Å². The molecule has 114 valence electrons. The largest absolute Gasteiger partial charge is 0.496 e. The van der Waals surface area contributed by atoms with Gasteiger partial charge < -0.3 is 10.1 Å². The maximum Gasteiger partial charge on any atom is 0.404 e. The first kappa shape index (κ1) is 16.8. The fourth-order valence-corrected chi connectivity index (χ4v) is 2.09. The number of aryl methyl sites for hydroxylation is 1. The average Bonchev–Trinajstić information content (AvgIpc) is 2.36. The fourth-order valence-electron chi connectivity index (χ4n) is 2.09. The van der Waals surface area contributed by atoms with Gasteiger partial charge in [-0.15, -0.1) is 0 Å². The standard InChI is InChI=1S/C14H21F3N2O/c1-5-6-18-12(14(15,16)17)7-11-10(3)13(20-4)9(2)8-19-11/h8,12,18H,5-7H2,1-4H3. The van der Waals surface area contributed by atoms with Crippen LogP contribution in [-0.4, -0.2) is 30.9 Å². The summed E-state index contributed by atoms with van der Waals surface area (Å²) in [7, 11) is 1.51. The van der Waals surface area contributed by atoms with Crippen molar-refractivity contribution in [2.24, 2.45) is 0 Å². The second-order valence-electron chi connectivity index (χ2n) is 4.80. The Labute approximate surface area is 117 Å². The van der Waals surface area contributed by atoms with Crippen LogP contribution in [0.3, 0.4) is 0 Å². The van der Waals surface area contributed by atoms with Crippen molar-refractivity contribution in [1.29, 1.82) is 0 Å². The third-order valence-electron chi connectivity index (χ3n) is 3.18. The quantitative estimate of drug-likeness (QED) is 0.873. The van der Waals surface area contributed by atoms with Crippen molar-refractivity contribution in [3.8, 4) is 5.75 Å². The molecule has 3 nitrogen and oxygen atoms in total. The summed E-state index contributed by atoms with van der Waals surface area (Å²) in [5, 5.41) is 2.53. The summed E-state index contributed by atoms with van der Waals surface area (Å²) in [5.74, 6) is 0.603. The lowest BCUT2D eigenvalue weighted by Crippen LogP contribution is -2.44. The Balaban J connectivity index is 2.99. The maximum atomic E-state index is 13.0. The molecule has 1 aromatic rings. The van der Waals surface area contributed by atoms with E-state index >= 15 is 0 Å². The van der Waals surface area contributed by atoms with E-state index in [-0.39, 0.29) is 6.42 Å². The molecule has 1 unspecified atom stereocenters. The number of alkyl halides is 3. The number of methoxy groups -OCH3 is 1. The van der Waals surface area contributed by atoms with E-state index in [1.807, 2.05) is 13.8 Å². The predicted molar refractivity (Wildman–Crippen MR) is 72.1 cm³/mol. The third kappa shape index (κ3) is 4.10. The number of ether oxygens (including phenoxy) is 1. The summed E-state index contributed by atoms with van der Waals surface area (Å²) in [6.07, 6.45) is -2.28. The lowest BCUT2D eigenvalue weighted by atomic mass is 10.0. The van der Waals surface area contributed by atoms with Crippen molar-refractivity contribution in [3.63, 3.8) is 0 Å². The highest BCUT2D eigenvalue weighted by molar-refractivity contribution is 5.41. The Morgan fingerprint density at radius 3 is 2.50 bits per heavy atom. The molecule has 6 heteroatoms. The van der Waals surface area contributed by atoms with Gasteiger partial charge in [0.15, 0.2) is 0 Å². The Hall–Kier alpha value is -1.30. The van der Waals surface area contributed by atoms with Crippen molar-refractivity contribution in [2.45, 2.75) is 45.8 Å². The minimum absolute atomic E-state index is 0.189. The summed E-state index contributed by atoms with van der Waals surface area (Å²) in [6, 6.07) is -1.58. The first-order valence-corrected chi connectivity index (χ1v) is 6.60. The molecule has 0 spiro atoms. The zero-order chi connectivity index (χ0) is 15.3. The van der Waals surface area contributed by atoms with Crippen LogP contribution in [0.25, 0.3) is 0 Å². The lowest BCUT2D eigenvalue weighted by Gasteiger charge is -2.22. The summed E-state index contributed by atoms with van der Waals surface area (Å²) in [6.45, 7) is 5.71. The molecule has 0 fully saturated rings. The molecule has 0 radical (unpaired) electrons. The van der Waals surface area contributed by atoms with Gasteiger partial charge in [0.2, 0.25) is 0 Å². The molecular weight excluding hydrogens is 269 g/mol. The summed E-state index contributed by atoms with van der Waals surface area (Å²) in [4.78, 5) is 4.13. The monoisotopic (exact) mass is 290 g/mol. The van der Waals surface area contributed by atoms with Crippen LogP contribution in [0.2, 0.25) is 0 Å². The first-order chi connectivity index (χ1) is 9.31. The number of halogens is 3. The molecule has 0 aliphatic rings. The molecule has 0 aliphatic heterocycles. The number of aromatic nitrogens is 1. The van der Waals surface area contributed by atoms with Crippen LogP contribution < -0.4 is 10.1 Å². The zero-order valence-electron chi connectivity index (χ0n) is 12.3. The number of rotatable bonds is 6. The van der Waals surface area contributed by atoms with Gasteiger partial charge in [0.25, 0.3) is 0 Å². The van der Waals surface area contributed by atoms with Crippen molar-refractivity contribution in [3.05, 3.63) is 23.0 Å². The van der Waals surface area contributed by atoms with Crippen molar-refractivity contribution in [2.75, 3.05) is 13.7 Å². The smallest absolute Gasteiger partial charge is 0.404 e. The highest BCUT2D eigenvalue weighted by atomic mass is 19.4. The fraction of sp³-hybridized carbons (Fsp3) is 0.643. The van der Waals surface area contributed by atoms with Gasteiger partial charge in [0, 0.05) is 29.4 Å². The van der Waals surface area contributed by atoms with E-state index in [0.29, 0.717) is 30.0 Å². The lowest BCUT2D eigenvalue weighted by molar-refractivity contribution is -0.155. The molecule has 0 saturated carbocycles. The number of hydrogen-bond acceptors (Lipinski definition) is 3. The zero-order valence-corrected chi connectivity index (χ0v) is 12.3. The van der Waals surface area contributed by atoms with E-state index in [0.717, 1.165) is 5.56 Å². The molecule has 0 saturated heterocycles. The average molecular weight is 290 g/mol. The molecule has 0 amide bonds. The van der Waals surface area contributed by atoms with Crippen molar-refractivity contribution >= 4 is 0 Å². The van der Waals surface area contributed by atoms with Gasteiger partial charge in [-0.05, 0) is 26.8 Å². The molecule has 1 heterocycles. The summed E-state index contributed by atoms with van der Waals surface area (Å²) in [5.41, 5.74) is 1.90. The van der Waals surface area contributed by atoms with E-state index < -0.39 is 12.2 Å². The van der Waals surface area contributed by atoms with Gasteiger partial charge in [0.1, 0.15) is 11.8 Å². The molecule has 0 aromatic carbocycles. The summed E-state index contributed by atoms with van der Waals surface area (Å²) < 4.78 is 44.2. The predicted octanol–water partition coefficient (Wildman–Crippen LogP) is 3.18. The van der Waals surface area contributed by atoms with Gasteiger partial charge in [-0.1, -0.05) is 6.92 Å². The van der Waals surface area contributed by atoms with Gasteiger partial charge in [0.05, 0.1) is 7.11 Å². The minimum atomic E-state index is -4.29. The Bertz CT molecular complexity index is 447. The second-order valence-corrected chi connectivity index (χ2v) is 4.80. The SMILES string of the molecule is CCCNC(Cc1ncc(C)c(OC)c1C)C(F)(F)F. The molecule has 1 N–H and O–H groups in total. The third-order valence-corrected chi connectivity index (χ3v) is 3.18. The number of hydrogen-bond donors (Lipinski definition) is 1. The van der Waals surface area contributed by atoms with Crippen molar-refractivity contribution in [1.82, 2.24) is 10.3 Å². The highest BCUT2D eigenvalue weighted by Gasteiger charge is 2.39. The van der Waals surface area contributed by atoms with Crippen LogP contribution in [0, 0.1) is 13.8 Å². The molecule has 0 aliphatic carbocycles. The number of pyridine rings is 1. The van der Waals surface area contributed by atoms with E-state index in [9.17, 15) is 13.2 Å². The van der Waals surface area contributed by atoms with Gasteiger partial charge >= 0.3 is 6.18 Å². The topological polar surface area (TPSA) is 34.2 Å².